The fraction of sp³-hybridized carbons (Fsp3) is 0.429. The van der Waals surface area contributed by atoms with E-state index < -0.39 is 18.1 Å². The SMILES string of the molecule is CCOC(=O)c1cc2c3ccccc3n(C)c2[nH+]c1N1CCC[C@@H](C(F)(F)F)C1. The van der Waals surface area contributed by atoms with Crippen LogP contribution >= 0.6 is 0 Å². The third-order valence-corrected chi connectivity index (χ3v) is 5.62. The van der Waals surface area contributed by atoms with E-state index >= 15 is 0 Å². The summed E-state index contributed by atoms with van der Waals surface area (Å²) in [6, 6.07) is 9.50. The molecule has 0 aliphatic carbocycles. The predicted octanol–water partition coefficient (Wildman–Crippen LogP) is 4.10. The monoisotopic (exact) mass is 406 g/mol. The van der Waals surface area contributed by atoms with Crippen LogP contribution in [0.3, 0.4) is 0 Å². The highest BCUT2D eigenvalue weighted by Crippen LogP contribution is 2.36. The molecule has 1 saturated heterocycles. The lowest BCUT2D eigenvalue weighted by atomic mass is 9.97. The van der Waals surface area contributed by atoms with Gasteiger partial charge in [0, 0.05) is 5.39 Å². The Labute approximate surface area is 166 Å². The van der Waals surface area contributed by atoms with Crippen LogP contribution in [0.4, 0.5) is 19.0 Å². The molecule has 0 spiro atoms. The first-order valence-corrected chi connectivity index (χ1v) is 9.73. The number of H-pyrrole nitrogens is 1. The van der Waals surface area contributed by atoms with Crippen molar-refractivity contribution in [2.75, 3.05) is 24.6 Å². The van der Waals surface area contributed by atoms with Gasteiger partial charge in [-0.15, -0.1) is 0 Å². The van der Waals surface area contributed by atoms with Gasteiger partial charge in [0.15, 0.2) is 0 Å². The lowest BCUT2D eigenvalue weighted by Crippen LogP contribution is -2.44. The van der Waals surface area contributed by atoms with Crippen LogP contribution in [0.25, 0.3) is 21.9 Å². The first-order chi connectivity index (χ1) is 13.8. The van der Waals surface area contributed by atoms with Gasteiger partial charge < -0.3 is 4.74 Å². The number of carbonyl (C=O) groups is 1. The molecule has 1 aliphatic heterocycles. The summed E-state index contributed by atoms with van der Waals surface area (Å²) >= 11 is 0. The van der Waals surface area contributed by atoms with Crippen LogP contribution < -0.4 is 9.88 Å². The Kier molecular flexibility index (Phi) is 4.88. The van der Waals surface area contributed by atoms with Gasteiger partial charge in [-0.2, -0.15) is 13.2 Å². The molecule has 4 rings (SSSR count). The lowest BCUT2D eigenvalue weighted by molar-refractivity contribution is -0.336. The molecular weight excluding hydrogens is 383 g/mol. The lowest BCUT2D eigenvalue weighted by Gasteiger charge is -2.31. The number of nitrogens with zero attached hydrogens (tertiary/aromatic N) is 2. The van der Waals surface area contributed by atoms with E-state index in [9.17, 15) is 18.0 Å². The molecular formula is C21H23F3N3O2+. The average molecular weight is 406 g/mol. The molecule has 154 valence electrons. The summed E-state index contributed by atoms with van der Waals surface area (Å²) < 4.78 is 47.2. The number of para-hydroxylation sites is 1. The number of halogens is 3. The Morgan fingerprint density at radius 1 is 1.28 bits per heavy atom. The van der Waals surface area contributed by atoms with Crippen LogP contribution in [0.5, 0.6) is 0 Å². The summed E-state index contributed by atoms with van der Waals surface area (Å²) in [7, 11) is 1.89. The third-order valence-electron chi connectivity index (χ3n) is 5.62. The molecule has 0 unspecified atom stereocenters. The third kappa shape index (κ3) is 3.41. The molecule has 3 aromatic rings. The van der Waals surface area contributed by atoms with Gasteiger partial charge in [0.25, 0.3) is 0 Å². The van der Waals surface area contributed by atoms with E-state index in [2.05, 4.69) is 4.98 Å². The van der Waals surface area contributed by atoms with Crippen LogP contribution in [-0.2, 0) is 11.8 Å². The molecule has 0 radical (unpaired) electrons. The first kappa shape index (κ1) is 19.5. The minimum absolute atomic E-state index is 0.102. The largest absolute Gasteiger partial charge is 0.462 e. The highest BCUT2D eigenvalue weighted by molar-refractivity contribution is 6.08. The quantitative estimate of drug-likeness (QED) is 0.616. The minimum Gasteiger partial charge on any atom is -0.462 e. The number of anilines is 1. The summed E-state index contributed by atoms with van der Waals surface area (Å²) in [6.07, 6.45) is -3.75. The number of piperidine rings is 1. The molecule has 0 saturated carbocycles. The molecule has 0 bridgehead atoms. The van der Waals surface area contributed by atoms with Crippen molar-refractivity contribution >= 4 is 33.7 Å². The molecule has 1 N–H and O–H groups in total. The topological polar surface area (TPSA) is 48.6 Å². The second-order valence-electron chi connectivity index (χ2n) is 7.42. The molecule has 1 fully saturated rings. The summed E-state index contributed by atoms with van der Waals surface area (Å²) in [5, 5.41) is 1.80. The van der Waals surface area contributed by atoms with Crippen LogP contribution in [0, 0.1) is 5.92 Å². The number of pyridine rings is 1. The highest BCUT2D eigenvalue weighted by Gasteiger charge is 2.44. The molecule has 29 heavy (non-hydrogen) atoms. The highest BCUT2D eigenvalue weighted by atomic mass is 19.4. The maximum atomic E-state index is 13.3. The van der Waals surface area contributed by atoms with Gasteiger partial charge in [0.1, 0.15) is 11.1 Å². The molecule has 5 nitrogen and oxygen atoms in total. The van der Waals surface area contributed by atoms with E-state index in [-0.39, 0.29) is 25.1 Å². The molecule has 3 heterocycles. The Morgan fingerprint density at radius 3 is 2.76 bits per heavy atom. The number of carbonyl (C=O) groups excluding carboxylic acids is 1. The number of hydrogen-bond acceptors (Lipinski definition) is 3. The Balaban J connectivity index is 1.89. The Morgan fingerprint density at radius 2 is 2.03 bits per heavy atom. The van der Waals surface area contributed by atoms with E-state index in [0.717, 1.165) is 21.9 Å². The summed E-state index contributed by atoms with van der Waals surface area (Å²) in [5.74, 6) is -1.57. The number of alkyl halides is 3. The zero-order chi connectivity index (χ0) is 20.8. The number of ether oxygens (including phenoxy) is 1. The Bertz CT molecular complexity index is 1070. The number of benzene rings is 1. The van der Waals surface area contributed by atoms with Gasteiger partial charge in [-0.3, -0.25) is 9.47 Å². The zero-order valence-corrected chi connectivity index (χ0v) is 16.3. The van der Waals surface area contributed by atoms with Crippen molar-refractivity contribution < 1.29 is 27.7 Å². The van der Waals surface area contributed by atoms with Crippen LogP contribution in [0.1, 0.15) is 30.1 Å². The fourth-order valence-corrected chi connectivity index (χ4v) is 4.17. The van der Waals surface area contributed by atoms with Crippen molar-refractivity contribution in [3.63, 3.8) is 0 Å². The number of aryl methyl sites for hydroxylation is 1. The standard InChI is InChI=1S/C21H22F3N3O2/c1-3-29-20(28)16-11-15-14-8-4-5-9-17(14)26(2)18(15)25-19(16)27-10-6-7-13(12-27)21(22,23)24/h4-5,8-9,11,13H,3,6-7,10,12H2,1-2H3/p+1/t13-/m1/s1. The number of fused-ring (bicyclic) bond motifs is 3. The van der Waals surface area contributed by atoms with E-state index in [0.29, 0.717) is 18.8 Å². The minimum atomic E-state index is -4.26. The molecule has 1 aromatic carbocycles. The van der Waals surface area contributed by atoms with Crippen molar-refractivity contribution in [1.82, 2.24) is 4.57 Å². The number of nitrogens with one attached hydrogen (secondary N) is 1. The smallest absolute Gasteiger partial charge is 0.394 e. The summed E-state index contributed by atoms with van der Waals surface area (Å²) in [6.45, 7) is 2.17. The molecule has 1 atom stereocenters. The first-order valence-electron chi connectivity index (χ1n) is 9.73. The van der Waals surface area contributed by atoms with Gasteiger partial charge in [0.05, 0.1) is 38.0 Å². The summed E-state index contributed by atoms with van der Waals surface area (Å²) in [5.41, 5.74) is 1.99. The fourth-order valence-electron chi connectivity index (χ4n) is 4.17. The van der Waals surface area contributed by atoms with E-state index in [4.69, 9.17) is 4.74 Å². The average Bonchev–Trinajstić information content (AvgIpc) is 2.99. The predicted molar refractivity (Wildman–Crippen MR) is 104 cm³/mol. The van der Waals surface area contributed by atoms with Gasteiger partial charge >= 0.3 is 12.1 Å². The van der Waals surface area contributed by atoms with Gasteiger partial charge in [-0.25, -0.2) is 9.78 Å². The van der Waals surface area contributed by atoms with Gasteiger partial charge in [0.2, 0.25) is 11.5 Å². The van der Waals surface area contributed by atoms with Gasteiger partial charge in [-0.1, -0.05) is 18.2 Å². The van der Waals surface area contributed by atoms with Crippen molar-refractivity contribution in [2.24, 2.45) is 13.0 Å². The van der Waals surface area contributed by atoms with Crippen molar-refractivity contribution in [3.05, 3.63) is 35.9 Å². The number of hydrogen-bond donors (Lipinski definition) is 0. The maximum Gasteiger partial charge on any atom is 0.394 e. The normalized spacial score (nSPS) is 17.8. The van der Waals surface area contributed by atoms with E-state index in [1.54, 1.807) is 17.9 Å². The maximum absolute atomic E-state index is 13.3. The molecule has 2 aromatic heterocycles. The second kappa shape index (κ2) is 7.24. The van der Waals surface area contributed by atoms with Crippen molar-refractivity contribution in [2.45, 2.75) is 25.9 Å². The number of rotatable bonds is 3. The molecule has 0 amide bonds. The molecule has 8 heteroatoms. The van der Waals surface area contributed by atoms with Crippen LogP contribution in [0.2, 0.25) is 0 Å². The van der Waals surface area contributed by atoms with Crippen molar-refractivity contribution in [1.29, 1.82) is 0 Å². The zero-order valence-electron chi connectivity index (χ0n) is 16.3. The molecule has 1 aliphatic rings. The van der Waals surface area contributed by atoms with E-state index in [1.165, 1.54) is 0 Å². The Hall–Kier alpha value is -2.77. The number of aromatic amines is 1. The second-order valence-corrected chi connectivity index (χ2v) is 7.42. The van der Waals surface area contributed by atoms with Crippen LogP contribution in [-0.4, -0.2) is 36.4 Å². The summed E-state index contributed by atoms with van der Waals surface area (Å²) in [4.78, 5) is 17.6. The van der Waals surface area contributed by atoms with Crippen molar-refractivity contribution in [3.8, 4) is 0 Å². The number of aromatic nitrogens is 2. The van der Waals surface area contributed by atoms with Gasteiger partial charge in [-0.05, 0) is 31.9 Å². The van der Waals surface area contributed by atoms with Crippen LogP contribution in [0.15, 0.2) is 30.3 Å². The number of esters is 1. The van der Waals surface area contributed by atoms with E-state index in [1.807, 2.05) is 35.9 Å².